The van der Waals surface area contributed by atoms with Crippen molar-refractivity contribution in [1.29, 1.82) is 5.26 Å². The van der Waals surface area contributed by atoms with Gasteiger partial charge in [-0.25, -0.2) is 4.39 Å². The zero-order valence-electron chi connectivity index (χ0n) is 16.8. The van der Waals surface area contributed by atoms with Crippen molar-refractivity contribution < 1.29 is 17.9 Å². The van der Waals surface area contributed by atoms with E-state index < -0.39 is 12.4 Å². The Morgan fingerprint density at radius 3 is 2.81 bits per heavy atom. The summed E-state index contributed by atoms with van der Waals surface area (Å²) >= 11 is 0. The van der Waals surface area contributed by atoms with Crippen LogP contribution in [0.15, 0.2) is 47.5 Å². The van der Waals surface area contributed by atoms with Gasteiger partial charge >= 0.3 is 6.61 Å². The smallest absolute Gasteiger partial charge is 0.387 e. The lowest BCUT2D eigenvalue weighted by molar-refractivity contribution is -0.0495. The number of halogens is 4. The standard InChI is InChI=1S/C21H22F3N5O.HI/c1-26-21(27-12-15-10-14(11-25)6-7-17(15)22)28-16-8-9-29(13-16)18-4-2-3-5-19(18)30-20(23)24;/h2-7,10,16,20H,8-9,12-13H2,1H3,(H2,26,27,28);1H. The van der Waals surface area contributed by atoms with Gasteiger partial charge in [-0.1, -0.05) is 12.1 Å². The lowest BCUT2D eigenvalue weighted by atomic mass is 10.1. The van der Waals surface area contributed by atoms with Crippen molar-refractivity contribution in [2.45, 2.75) is 25.6 Å². The lowest BCUT2D eigenvalue weighted by Gasteiger charge is -2.22. The van der Waals surface area contributed by atoms with Crippen LogP contribution in [0.25, 0.3) is 0 Å². The molecule has 1 unspecified atom stereocenters. The van der Waals surface area contributed by atoms with Crippen molar-refractivity contribution in [3.05, 3.63) is 59.4 Å². The number of nitriles is 1. The summed E-state index contributed by atoms with van der Waals surface area (Å²) in [6.45, 7) is -1.48. The molecular formula is C21H23F3IN5O. The molecule has 3 rings (SSSR count). The maximum Gasteiger partial charge on any atom is 0.387 e. The summed E-state index contributed by atoms with van der Waals surface area (Å²) in [5, 5.41) is 15.3. The van der Waals surface area contributed by atoms with Crippen LogP contribution in [0.4, 0.5) is 18.9 Å². The zero-order chi connectivity index (χ0) is 21.5. The van der Waals surface area contributed by atoms with Crippen LogP contribution >= 0.6 is 24.0 Å². The largest absolute Gasteiger partial charge is 0.433 e. The van der Waals surface area contributed by atoms with Crippen LogP contribution in [0.1, 0.15) is 17.5 Å². The molecule has 1 fully saturated rings. The summed E-state index contributed by atoms with van der Waals surface area (Å²) in [6.07, 6.45) is 0.766. The van der Waals surface area contributed by atoms with Crippen LogP contribution in [0.5, 0.6) is 5.75 Å². The third kappa shape index (κ3) is 6.65. The summed E-state index contributed by atoms with van der Waals surface area (Å²) in [7, 11) is 1.61. The number of aliphatic imine (C=N–C) groups is 1. The van der Waals surface area contributed by atoms with Gasteiger partial charge in [0, 0.05) is 38.3 Å². The maximum atomic E-state index is 14.0. The molecule has 2 aromatic carbocycles. The molecule has 6 nitrogen and oxygen atoms in total. The van der Waals surface area contributed by atoms with Crippen molar-refractivity contribution in [1.82, 2.24) is 10.6 Å². The average molecular weight is 545 g/mol. The van der Waals surface area contributed by atoms with Crippen LogP contribution < -0.4 is 20.3 Å². The minimum atomic E-state index is -2.88. The summed E-state index contributed by atoms with van der Waals surface area (Å²) in [5.74, 6) is 0.226. The van der Waals surface area contributed by atoms with Gasteiger partial charge in [-0.2, -0.15) is 14.0 Å². The highest BCUT2D eigenvalue weighted by Crippen LogP contribution is 2.31. The van der Waals surface area contributed by atoms with Gasteiger partial charge in [-0.05, 0) is 36.8 Å². The van der Waals surface area contributed by atoms with Gasteiger partial charge < -0.3 is 20.3 Å². The van der Waals surface area contributed by atoms with E-state index in [0.717, 1.165) is 6.42 Å². The van der Waals surface area contributed by atoms with E-state index in [1.807, 2.05) is 11.0 Å². The molecule has 1 atom stereocenters. The van der Waals surface area contributed by atoms with E-state index in [2.05, 4.69) is 20.4 Å². The fraction of sp³-hybridized carbons (Fsp3) is 0.333. The molecule has 1 saturated heterocycles. The Morgan fingerprint density at radius 2 is 2.10 bits per heavy atom. The quantitative estimate of drug-likeness (QED) is 0.328. The van der Waals surface area contributed by atoms with Crippen LogP contribution in [0.2, 0.25) is 0 Å². The molecule has 0 bridgehead atoms. The molecule has 0 amide bonds. The second kappa shape index (κ2) is 11.6. The highest BCUT2D eigenvalue weighted by Gasteiger charge is 2.26. The molecule has 166 valence electrons. The van der Waals surface area contributed by atoms with Gasteiger partial charge in [-0.3, -0.25) is 4.99 Å². The monoisotopic (exact) mass is 545 g/mol. The first-order chi connectivity index (χ1) is 14.5. The van der Waals surface area contributed by atoms with Crippen LogP contribution in [0.3, 0.4) is 0 Å². The fourth-order valence-electron chi connectivity index (χ4n) is 3.36. The van der Waals surface area contributed by atoms with E-state index in [-0.39, 0.29) is 42.3 Å². The lowest BCUT2D eigenvalue weighted by Crippen LogP contribution is -2.44. The Morgan fingerprint density at radius 1 is 1.32 bits per heavy atom. The number of ether oxygens (including phenoxy) is 1. The Balaban J connectivity index is 0.00000341. The molecule has 31 heavy (non-hydrogen) atoms. The first-order valence-electron chi connectivity index (χ1n) is 9.44. The SMILES string of the molecule is CN=C(NCc1cc(C#N)ccc1F)NC1CCN(c2ccccc2OC(F)F)C1.I. The minimum Gasteiger partial charge on any atom is -0.433 e. The Hall–Kier alpha value is -2.68. The molecule has 0 aliphatic carbocycles. The van der Waals surface area contributed by atoms with E-state index in [9.17, 15) is 13.2 Å². The molecule has 2 aromatic rings. The molecule has 0 aromatic heterocycles. The molecule has 1 aliphatic heterocycles. The molecule has 2 N–H and O–H groups in total. The number of hydrogen-bond donors (Lipinski definition) is 2. The Kier molecular flexibility index (Phi) is 9.23. The second-order valence-corrected chi connectivity index (χ2v) is 6.77. The van der Waals surface area contributed by atoms with Crippen molar-refractivity contribution in [3.8, 4) is 11.8 Å². The molecule has 0 spiro atoms. The summed E-state index contributed by atoms with van der Waals surface area (Å²) in [5.41, 5.74) is 1.36. The molecule has 0 saturated carbocycles. The molecule has 1 heterocycles. The number of benzene rings is 2. The highest BCUT2D eigenvalue weighted by atomic mass is 127. The topological polar surface area (TPSA) is 72.7 Å². The van der Waals surface area contributed by atoms with Gasteiger partial charge in [0.15, 0.2) is 5.96 Å². The predicted octanol–water partition coefficient (Wildman–Crippen LogP) is 3.86. The summed E-state index contributed by atoms with van der Waals surface area (Å²) in [4.78, 5) is 6.13. The fourth-order valence-corrected chi connectivity index (χ4v) is 3.36. The van der Waals surface area contributed by atoms with Crippen molar-refractivity contribution in [3.63, 3.8) is 0 Å². The predicted molar refractivity (Wildman–Crippen MR) is 124 cm³/mol. The number of nitrogens with zero attached hydrogens (tertiary/aromatic N) is 3. The van der Waals surface area contributed by atoms with E-state index >= 15 is 0 Å². The third-order valence-electron chi connectivity index (χ3n) is 4.80. The molecular weight excluding hydrogens is 522 g/mol. The molecule has 10 heteroatoms. The van der Waals surface area contributed by atoms with Gasteiger partial charge in [0.05, 0.1) is 17.3 Å². The number of alkyl halides is 2. The van der Waals surface area contributed by atoms with E-state index in [1.165, 1.54) is 24.3 Å². The van der Waals surface area contributed by atoms with Crippen molar-refractivity contribution in [2.75, 3.05) is 25.0 Å². The number of nitrogens with one attached hydrogen (secondary N) is 2. The normalized spacial score (nSPS) is 15.9. The van der Waals surface area contributed by atoms with Crippen molar-refractivity contribution >= 4 is 35.6 Å². The number of guanidine groups is 1. The van der Waals surface area contributed by atoms with E-state index in [1.54, 1.807) is 25.2 Å². The number of para-hydroxylation sites is 2. The summed E-state index contributed by atoms with van der Waals surface area (Å²) < 4.78 is 43.9. The first kappa shape index (κ1) is 24.6. The maximum absolute atomic E-state index is 14.0. The summed E-state index contributed by atoms with van der Waals surface area (Å²) in [6, 6.07) is 12.9. The first-order valence-corrected chi connectivity index (χ1v) is 9.44. The molecule has 0 radical (unpaired) electrons. The Bertz CT molecular complexity index is 951. The van der Waals surface area contributed by atoms with E-state index in [0.29, 0.717) is 35.9 Å². The minimum absolute atomic E-state index is 0. The molecule has 1 aliphatic rings. The average Bonchev–Trinajstić information content (AvgIpc) is 3.20. The number of rotatable bonds is 6. The van der Waals surface area contributed by atoms with Gasteiger partial charge in [0.1, 0.15) is 11.6 Å². The third-order valence-corrected chi connectivity index (χ3v) is 4.80. The van der Waals surface area contributed by atoms with Crippen LogP contribution in [0, 0.1) is 17.1 Å². The van der Waals surface area contributed by atoms with Crippen LogP contribution in [-0.4, -0.2) is 38.8 Å². The van der Waals surface area contributed by atoms with Gasteiger partial charge in [0.2, 0.25) is 0 Å². The van der Waals surface area contributed by atoms with E-state index in [4.69, 9.17) is 5.26 Å². The van der Waals surface area contributed by atoms with Gasteiger partial charge in [0.25, 0.3) is 0 Å². The van der Waals surface area contributed by atoms with Gasteiger partial charge in [-0.15, -0.1) is 24.0 Å². The number of hydrogen-bond acceptors (Lipinski definition) is 4. The zero-order valence-corrected chi connectivity index (χ0v) is 19.1. The second-order valence-electron chi connectivity index (χ2n) is 6.77. The van der Waals surface area contributed by atoms with Crippen LogP contribution in [-0.2, 0) is 6.54 Å². The highest BCUT2D eigenvalue weighted by molar-refractivity contribution is 14.0. The Labute approximate surface area is 196 Å². The number of anilines is 1. The van der Waals surface area contributed by atoms with Crippen molar-refractivity contribution in [2.24, 2.45) is 4.99 Å².